The number of nitrogens with zero attached hydrogens (tertiary/aromatic N) is 4. The smallest absolute Gasteiger partial charge is 0.253 e. The first-order valence-electron chi connectivity index (χ1n) is 8.61. The van der Waals surface area contributed by atoms with Crippen LogP contribution in [-0.4, -0.2) is 60.0 Å². The third-order valence-electron chi connectivity index (χ3n) is 4.35. The summed E-state index contributed by atoms with van der Waals surface area (Å²) in [6, 6.07) is 8.96. The zero-order valence-electron chi connectivity index (χ0n) is 14.3. The molecule has 1 saturated heterocycles. The van der Waals surface area contributed by atoms with Gasteiger partial charge in [-0.15, -0.1) is 0 Å². The molecule has 3 rings (SSSR count). The Labute approximate surface area is 147 Å². The molecule has 1 amide bonds. The van der Waals surface area contributed by atoms with Crippen molar-refractivity contribution in [3.63, 3.8) is 0 Å². The number of para-hydroxylation sites is 1. The second-order valence-electron chi connectivity index (χ2n) is 6.07. The second kappa shape index (κ2) is 8.43. The summed E-state index contributed by atoms with van der Waals surface area (Å²) in [7, 11) is 0. The molecule has 3 N–H and O–H groups in total. The van der Waals surface area contributed by atoms with Crippen LogP contribution in [0.2, 0.25) is 0 Å². The van der Waals surface area contributed by atoms with Gasteiger partial charge >= 0.3 is 0 Å². The van der Waals surface area contributed by atoms with Gasteiger partial charge in [0, 0.05) is 50.8 Å². The van der Waals surface area contributed by atoms with Crippen molar-refractivity contribution in [3.05, 3.63) is 48.3 Å². The van der Waals surface area contributed by atoms with E-state index in [0.717, 1.165) is 45.1 Å². The molecule has 2 aromatic rings. The number of rotatable bonds is 6. The number of piperazine rings is 1. The van der Waals surface area contributed by atoms with E-state index in [1.807, 2.05) is 18.2 Å². The molecular weight excluding hydrogens is 316 g/mol. The van der Waals surface area contributed by atoms with Crippen LogP contribution in [-0.2, 0) is 0 Å². The van der Waals surface area contributed by atoms with Crippen LogP contribution in [0.5, 0.6) is 0 Å². The molecule has 0 spiro atoms. The van der Waals surface area contributed by atoms with Crippen LogP contribution in [0, 0.1) is 0 Å². The average molecular weight is 340 g/mol. The summed E-state index contributed by atoms with van der Waals surface area (Å²) in [5, 5.41) is 2.94. The Balaban J connectivity index is 1.35. The Morgan fingerprint density at radius 1 is 1.08 bits per heavy atom. The molecule has 25 heavy (non-hydrogen) atoms. The molecule has 0 saturated carbocycles. The normalized spacial score (nSPS) is 15.1. The molecule has 1 aliphatic rings. The molecule has 1 aliphatic heterocycles. The predicted octanol–water partition coefficient (Wildman–Crippen LogP) is 1.00. The number of hydrogen-bond donors (Lipinski definition) is 2. The molecule has 1 aromatic carbocycles. The SMILES string of the molecule is Nc1ccccc1C(=O)NCCCN1CCN(c2ncccn2)CC1. The van der Waals surface area contributed by atoms with Crippen LogP contribution in [0.1, 0.15) is 16.8 Å². The lowest BCUT2D eigenvalue weighted by atomic mass is 10.1. The van der Waals surface area contributed by atoms with E-state index in [0.29, 0.717) is 17.8 Å². The number of nitrogens with two attached hydrogens (primary N) is 1. The van der Waals surface area contributed by atoms with Crippen molar-refractivity contribution in [3.8, 4) is 0 Å². The Kier molecular flexibility index (Phi) is 5.79. The first kappa shape index (κ1) is 17.2. The van der Waals surface area contributed by atoms with Crippen LogP contribution >= 0.6 is 0 Å². The van der Waals surface area contributed by atoms with Gasteiger partial charge in [0.25, 0.3) is 5.91 Å². The van der Waals surface area contributed by atoms with Crippen LogP contribution in [0.15, 0.2) is 42.7 Å². The lowest BCUT2D eigenvalue weighted by Crippen LogP contribution is -2.47. The molecule has 132 valence electrons. The van der Waals surface area contributed by atoms with Crippen LogP contribution in [0.3, 0.4) is 0 Å². The number of hydrogen-bond acceptors (Lipinski definition) is 6. The third-order valence-corrected chi connectivity index (χ3v) is 4.35. The molecule has 1 aromatic heterocycles. The number of carbonyl (C=O) groups is 1. The lowest BCUT2D eigenvalue weighted by molar-refractivity contribution is 0.0952. The molecule has 0 aliphatic carbocycles. The minimum atomic E-state index is -0.107. The third kappa shape index (κ3) is 4.67. The van der Waals surface area contributed by atoms with Gasteiger partial charge in [0.1, 0.15) is 0 Å². The molecule has 1 fully saturated rings. The number of benzene rings is 1. The predicted molar refractivity (Wildman–Crippen MR) is 98.5 cm³/mol. The zero-order valence-corrected chi connectivity index (χ0v) is 14.3. The topological polar surface area (TPSA) is 87.4 Å². The van der Waals surface area contributed by atoms with E-state index >= 15 is 0 Å². The van der Waals surface area contributed by atoms with Crippen molar-refractivity contribution in [2.45, 2.75) is 6.42 Å². The highest BCUT2D eigenvalue weighted by molar-refractivity contribution is 5.98. The van der Waals surface area contributed by atoms with E-state index in [4.69, 9.17) is 5.73 Å². The number of carbonyl (C=O) groups excluding carboxylic acids is 1. The van der Waals surface area contributed by atoms with Crippen LogP contribution in [0.4, 0.5) is 11.6 Å². The fraction of sp³-hybridized carbons (Fsp3) is 0.389. The molecule has 7 nitrogen and oxygen atoms in total. The highest BCUT2D eigenvalue weighted by atomic mass is 16.1. The van der Waals surface area contributed by atoms with Crippen molar-refractivity contribution in [2.75, 3.05) is 49.9 Å². The maximum absolute atomic E-state index is 12.1. The summed E-state index contributed by atoms with van der Waals surface area (Å²) in [5.41, 5.74) is 6.87. The lowest BCUT2D eigenvalue weighted by Gasteiger charge is -2.34. The van der Waals surface area contributed by atoms with Gasteiger partial charge in [-0.2, -0.15) is 0 Å². The highest BCUT2D eigenvalue weighted by Crippen LogP contribution is 2.11. The van der Waals surface area contributed by atoms with Crippen molar-refractivity contribution < 1.29 is 4.79 Å². The minimum Gasteiger partial charge on any atom is -0.398 e. The molecule has 0 unspecified atom stereocenters. The Morgan fingerprint density at radius 2 is 1.80 bits per heavy atom. The fourth-order valence-electron chi connectivity index (χ4n) is 2.93. The monoisotopic (exact) mass is 340 g/mol. The van der Waals surface area contributed by atoms with Crippen molar-refractivity contribution in [1.82, 2.24) is 20.2 Å². The Morgan fingerprint density at radius 3 is 2.52 bits per heavy atom. The molecule has 0 bridgehead atoms. The maximum Gasteiger partial charge on any atom is 0.253 e. The molecular formula is C18H24N6O. The zero-order chi connectivity index (χ0) is 17.5. The van der Waals surface area contributed by atoms with Crippen LogP contribution in [0.25, 0.3) is 0 Å². The summed E-state index contributed by atoms with van der Waals surface area (Å²) in [5.74, 6) is 0.694. The number of nitrogen functional groups attached to an aromatic ring is 1. The maximum atomic E-state index is 12.1. The molecule has 2 heterocycles. The number of nitrogens with one attached hydrogen (secondary N) is 1. The molecule has 0 radical (unpaired) electrons. The van der Waals surface area contributed by atoms with Gasteiger partial charge < -0.3 is 16.0 Å². The average Bonchev–Trinajstić information content (AvgIpc) is 2.66. The summed E-state index contributed by atoms with van der Waals surface area (Å²) >= 11 is 0. The first-order chi connectivity index (χ1) is 12.2. The summed E-state index contributed by atoms with van der Waals surface area (Å²) in [6.07, 6.45) is 4.47. The quantitative estimate of drug-likeness (QED) is 0.603. The largest absolute Gasteiger partial charge is 0.398 e. The number of amides is 1. The van der Waals surface area contributed by atoms with Crippen molar-refractivity contribution >= 4 is 17.5 Å². The Hall–Kier alpha value is -2.67. The highest BCUT2D eigenvalue weighted by Gasteiger charge is 2.18. The van der Waals surface area contributed by atoms with Gasteiger partial charge in [-0.1, -0.05) is 12.1 Å². The van der Waals surface area contributed by atoms with E-state index in [1.165, 1.54) is 0 Å². The van der Waals surface area contributed by atoms with Gasteiger partial charge in [0.2, 0.25) is 5.95 Å². The summed E-state index contributed by atoms with van der Waals surface area (Å²) < 4.78 is 0. The van der Waals surface area contributed by atoms with Crippen molar-refractivity contribution in [1.29, 1.82) is 0 Å². The van der Waals surface area contributed by atoms with Gasteiger partial charge in [-0.05, 0) is 31.2 Å². The minimum absolute atomic E-state index is 0.107. The second-order valence-corrected chi connectivity index (χ2v) is 6.07. The standard InChI is InChI=1S/C18H24N6O/c19-16-6-2-1-5-15(16)17(25)20-9-4-10-23-11-13-24(14-12-23)18-21-7-3-8-22-18/h1-3,5-8H,4,9-14,19H2,(H,20,25). The van der Waals surface area contributed by atoms with Gasteiger partial charge in [0.15, 0.2) is 0 Å². The summed E-state index contributed by atoms with van der Waals surface area (Å²) in [6.45, 7) is 5.44. The summed E-state index contributed by atoms with van der Waals surface area (Å²) in [4.78, 5) is 25.3. The van der Waals surface area contributed by atoms with E-state index in [2.05, 4.69) is 25.1 Å². The Bertz CT molecular complexity index is 685. The van der Waals surface area contributed by atoms with E-state index < -0.39 is 0 Å². The first-order valence-corrected chi connectivity index (χ1v) is 8.61. The van der Waals surface area contributed by atoms with Gasteiger partial charge in [-0.3, -0.25) is 9.69 Å². The van der Waals surface area contributed by atoms with E-state index in [1.54, 1.807) is 24.5 Å². The molecule has 0 atom stereocenters. The van der Waals surface area contributed by atoms with E-state index in [-0.39, 0.29) is 5.91 Å². The van der Waals surface area contributed by atoms with Gasteiger partial charge in [0.05, 0.1) is 5.56 Å². The van der Waals surface area contributed by atoms with Gasteiger partial charge in [-0.25, -0.2) is 9.97 Å². The van der Waals surface area contributed by atoms with Crippen LogP contribution < -0.4 is 16.0 Å². The fourth-order valence-corrected chi connectivity index (χ4v) is 2.93. The number of anilines is 2. The van der Waals surface area contributed by atoms with Crippen molar-refractivity contribution in [2.24, 2.45) is 0 Å². The number of aromatic nitrogens is 2. The molecule has 7 heteroatoms. The van der Waals surface area contributed by atoms with E-state index in [9.17, 15) is 4.79 Å².